The second kappa shape index (κ2) is 7.07. The number of hydrogen-bond donors (Lipinski definition) is 1. The standard InChI is InChI=1S/C12H21BrN2O/c1-3-5-10(16)6-7-12-11(13)9-14-15(12)8-4-2/h9-10,16H,3-8H2,1-2H3. The SMILES string of the molecule is CCCC(O)CCc1c(Br)cnn1CCC. The van der Waals surface area contributed by atoms with E-state index in [4.69, 9.17) is 0 Å². The van der Waals surface area contributed by atoms with E-state index in [1.165, 1.54) is 5.69 Å². The Morgan fingerprint density at radius 3 is 2.75 bits per heavy atom. The minimum Gasteiger partial charge on any atom is -0.393 e. The molecule has 16 heavy (non-hydrogen) atoms. The zero-order valence-corrected chi connectivity index (χ0v) is 11.7. The number of aliphatic hydroxyl groups is 1. The van der Waals surface area contributed by atoms with Crippen LogP contribution in [-0.4, -0.2) is 21.0 Å². The molecule has 0 aliphatic carbocycles. The Morgan fingerprint density at radius 2 is 2.12 bits per heavy atom. The molecule has 1 aromatic rings. The fourth-order valence-electron chi connectivity index (χ4n) is 1.82. The molecule has 92 valence electrons. The summed E-state index contributed by atoms with van der Waals surface area (Å²) in [4.78, 5) is 0. The zero-order valence-electron chi connectivity index (χ0n) is 10.1. The molecule has 1 unspecified atom stereocenters. The van der Waals surface area contributed by atoms with Gasteiger partial charge < -0.3 is 5.11 Å². The molecule has 0 aromatic carbocycles. The minimum atomic E-state index is -0.179. The Morgan fingerprint density at radius 1 is 1.38 bits per heavy atom. The fraction of sp³-hybridized carbons (Fsp3) is 0.750. The van der Waals surface area contributed by atoms with Crippen LogP contribution in [0.5, 0.6) is 0 Å². The van der Waals surface area contributed by atoms with Crippen LogP contribution in [0.25, 0.3) is 0 Å². The van der Waals surface area contributed by atoms with Crippen molar-refractivity contribution in [3.63, 3.8) is 0 Å². The van der Waals surface area contributed by atoms with Crippen LogP contribution in [0.15, 0.2) is 10.7 Å². The third kappa shape index (κ3) is 3.91. The number of aliphatic hydroxyl groups excluding tert-OH is 1. The van der Waals surface area contributed by atoms with Crippen molar-refractivity contribution in [2.24, 2.45) is 0 Å². The van der Waals surface area contributed by atoms with Crippen LogP contribution in [0.3, 0.4) is 0 Å². The van der Waals surface area contributed by atoms with E-state index >= 15 is 0 Å². The number of nitrogens with zero attached hydrogens (tertiary/aromatic N) is 2. The summed E-state index contributed by atoms with van der Waals surface area (Å²) in [5.41, 5.74) is 1.21. The molecule has 1 N–H and O–H groups in total. The van der Waals surface area contributed by atoms with E-state index in [-0.39, 0.29) is 6.10 Å². The molecule has 4 heteroatoms. The number of halogens is 1. The highest BCUT2D eigenvalue weighted by molar-refractivity contribution is 9.10. The fourth-order valence-corrected chi connectivity index (χ4v) is 2.32. The van der Waals surface area contributed by atoms with Gasteiger partial charge in [-0.2, -0.15) is 5.10 Å². The third-order valence-electron chi connectivity index (χ3n) is 2.67. The van der Waals surface area contributed by atoms with Gasteiger partial charge in [0.2, 0.25) is 0 Å². The molecule has 3 nitrogen and oxygen atoms in total. The molecule has 0 bridgehead atoms. The number of aromatic nitrogens is 2. The van der Waals surface area contributed by atoms with Gasteiger partial charge in [0.05, 0.1) is 22.5 Å². The van der Waals surface area contributed by atoms with Crippen LogP contribution < -0.4 is 0 Å². The van der Waals surface area contributed by atoms with Crippen molar-refractivity contribution >= 4 is 15.9 Å². The average Bonchev–Trinajstić information content (AvgIpc) is 2.58. The van der Waals surface area contributed by atoms with Crippen molar-refractivity contribution in [1.29, 1.82) is 0 Å². The maximum Gasteiger partial charge on any atom is 0.0635 e. The van der Waals surface area contributed by atoms with Crippen molar-refractivity contribution in [1.82, 2.24) is 9.78 Å². The predicted octanol–water partition coefficient (Wildman–Crippen LogP) is 3.15. The first-order valence-corrected chi connectivity index (χ1v) is 6.86. The summed E-state index contributed by atoms with van der Waals surface area (Å²) in [6, 6.07) is 0. The molecule has 0 aliphatic heterocycles. The van der Waals surface area contributed by atoms with Gasteiger partial charge in [-0.25, -0.2) is 0 Å². The van der Waals surface area contributed by atoms with Crippen molar-refractivity contribution in [2.75, 3.05) is 0 Å². The van der Waals surface area contributed by atoms with Crippen LogP contribution in [0.1, 0.15) is 45.2 Å². The predicted molar refractivity (Wildman–Crippen MR) is 69.5 cm³/mol. The van der Waals surface area contributed by atoms with E-state index in [1.807, 2.05) is 10.9 Å². The Hall–Kier alpha value is -0.350. The molecule has 0 fully saturated rings. The summed E-state index contributed by atoms with van der Waals surface area (Å²) in [7, 11) is 0. The van der Waals surface area contributed by atoms with Crippen molar-refractivity contribution in [3.05, 3.63) is 16.4 Å². The van der Waals surface area contributed by atoms with E-state index in [2.05, 4.69) is 34.9 Å². The van der Waals surface area contributed by atoms with Gasteiger partial charge in [-0.1, -0.05) is 20.3 Å². The summed E-state index contributed by atoms with van der Waals surface area (Å²) in [5.74, 6) is 0. The van der Waals surface area contributed by atoms with Crippen molar-refractivity contribution in [2.45, 2.75) is 58.6 Å². The number of rotatable bonds is 7. The molecule has 1 aromatic heterocycles. The van der Waals surface area contributed by atoms with Crippen molar-refractivity contribution in [3.8, 4) is 0 Å². The van der Waals surface area contributed by atoms with Gasteiger partial charge in [0.15, 0.2) is 0 Å². The topological polar surface area (TPSA) is 38.1 Å². The van der Waals surface area contributed by atoms with Gasteiger partial charge in [0.1, 0.15) is 0 Å². The Balaban J connectivity index is 2.54. The van der Waals surface area contributed by atoms with Crippen LogP contribution in [0.4, 0.5) is 0 Å². The molecule has 0 aliphatic rings. The lowest BCUT2D eigenvalue weighted by atomic mass is 10.1. The van der Waals surface area contributed by atoms with Crippen LogP contribution >= 0.6 is 15.9 Å². The molecular formula is C12H21BrN2O. The largest absolute Gasteiger partial charge is 0.393 e. The van der Waals surface area contributed by atoms with Gasteiger partial charge >= 0.3 is 0 Å². The van der Waals surface area contributed by atoms with E-state index in [0.717, 1.165) is 43.1 Å². The lowest BCUT2D eigenvalue weighted by Crippen LogP contribution is -2.11. The molecule has 0 spiro atoms. The Kier molecular flexibility index (Phi) is 6.06. The molecule has 1 rings (SSSR count). The summed E-state index contributed by atoms with van der Waals surface area (Å²) in [6.07, 6.45) is 6.39. The van der Waals surface area contributed by atoms with Gasteiger partial charge in [-0.05, 0) is 41.6 Å². The summed E-state index contributed by atoms with van der Waals surface area (Å²) < 4.78 is 3.09. The maximum absolute atomic E-state index is 9.71. The first-order valence-electron chi connectivity index (χ1n) is 6.07. The molecule has 0 radical (unpaired) electrons. The first-order chi connectivity index (χ1) is 7.69. The second-order valence-electron chi connectivity index (χ2n) is 4.14. The lowest BCUT2D eigenvalue weighted by Gasteiger charge is -2.10. The normalized spacial score (nSPS) is 13.0. The maximum atomic E-state index is 9.71. The van der Waals surface area contributed by atoms with Gasteiger partial charge in [0, 0.05) is 6.54 Å². The van der Waals surface area contributed by atoms with E-state index in [1.54, 1.807) is 0 Å². The van der Waals surface area contributed by atoms with Crippen LogP contribution in [0, 0.1) is 0 Å². The quantitative estimate of drug-likeness (QED) is 0.837. The smallest absolute Gasteiger partial charge is 0.0635 e. The number of hydrogen-bond acceptors (Lipinski definition) is 2. The van der Waals surface area contributed by atoms with E-state index < -0.39 is 0 Å². The molecule has 1 heterocycles. The number of aryl methyl sites for hydroxylation is 1. The van der Waals surface area contributed by atoms with Gasteiger partial charge in [-0.15, -0.1) is 0 Å². The zero-order chi connectivity index (χ0) is 12.0. The molecule has 0 saturated carbocycles. The average molecular weight is 289 g/mol. The third-order valence-corrected chi connectivity index (χ3v) is 3.33. The Labute approximate surface area is 106 Å². The van der Waals surface area contributed by atoms with E-state index in [0.29, 0.717) is 0 Å². The summed E-state index contributed by atoms with van der Waals surface area (Å²) in [5, 5.41) is 14.0. The molecule has 0 saturated heterocycles. The highest BCUT2D eigenvalue weighted by atomic mass is 79.9. The second-order valence-corrected chi connectivity index (χ2v) is 5.00. The summed E-state index contributed by atoms with van der Waals surface area (Å²) >= 11 is 3.51. The minimum absolute atomic E-state index is 0.179. The Bertz CT molecular complexity index is 312. The lowest BCUT2D eigenvalue weighted by molar-refractivity contribution is 0.153. The molecular weight excluding hydrogens is 268 g/mol. The van der Waals surface area contributed by atoms with Gasteiger partial charge in [0.25, 0.3) is 0 Å². The monoisotopic (exact) mass is 288 g/mol. The van der Waals surface area contributed by atoms with Crippen LogP contribution in [0.2, 0.25) is 0 Å². The highest BCUT2D eigenvalue weighted by Crippen LogP contribution is 2.19. The first kappa shape index (κ1) is 13.7. The molecule has 0 amide bonds. The van der Waals surface area contributed by atoms with Gasteiger partial charge in [-0.3, -0.25) is 4.68 Å². The highest BCUT2D eigenvalue weighted by Gasteiger charge is 2.10. The van der Waals surface area contributed by atoms with Crippen molar-refractivity contribution < 1.29 is 5.11 Å². The van der Waals surface area contributed by atoms with E-state index in [9.17, 15) is 5.11 Å². The molecule has 1 atom stereocenters. The van der Waals surface area contributed by atoms with Crippen LogP contribution in [-0.2, 0) is 13.0 Å². The summed E-state index contributed by atoms with van der Waals surface area (Å²) in [6.45, 7) is 5.19.